The van der Waals surface area contributed by atoms with Gasteiger partial charge in [-0.25, -0.2) is 4.98 Å². The molecule has 1 saturated carbocycles. The predicted molar refractivity (Wildman–Crippen MR) is 77.9 cm³/mol. The van der Waals surface area contributed by atoms with Crippen LogP contribution < -0.4 is 4.74 Å². The minimum absolute atomic E-state index is 0.489. The SMILES string of the molecule is COc1ncccc1C(O)c1ccccc1C1CCC1. The summed E-state index contributed by atoms with van der Waals surface area (Å²) >= 11 is 0. The van der Waals surface area contributed by atoms with Crippen LogP contribution in [-0.2, 0) is 0 Å². The molecule has 0 saturated heterocycles. The van der Waals surface area contributed by atoms with Gasteiger partial charge in [0.05, 0.1) is 7.11 Å². The lowest BCUT2D eigenvalue weighted by molar-refractivity contribution is 0.210. The maximum atomic E-state index is 10.7. The first kappa shape index (κ1) is 13.1. The van der Waals surface area contributed by atoms with Crippen LogP contribution in [0.4, 0.5) is 0 Å². The van der Waals surface area contributed by atoms with E-state index < -0.39 is 6.10 Å². The number of benzene rings is 1. The van der Waals surface area contributed by atoms with Gasteiger partial charge >= 0.3 is 0 Å². The zero-order chi connectivity index (χ0) is 13.9. The monoisotopic (exact) mass is 269 g/mol. The quantitative estimate of drug-likeness (QED) is 0.924. The van der Waals surface area contributed by atoms with E-state index >= 15 is 0 Å². The molecule has 1 aliphatic carbocycles. The van der Waals surface area contributed by atoms with Crippen molar-refractivity contribution < 1.29 is 9.84 Å². The summed E-state index contributed by atoms with van der Waals surface area (Å²) in [5.74, 6) is 1.08. The van der Waals surface area contributed by atoms with Crippen molar-refractivity contribution in [1.82, 2.24) is 4.98 Å². The first-order valence-corrected chi connectivity index (χ1v) is 7.07. The van der Waals surface area contributed by atoms with Crippen LogP contribution in [0.5, 0.6) is 5.88 Å². The highest BCUT2D eigenvalue weighted by Crippen LogP contribution is 2.41. The Kier molecular flexibility index (Phi) is 3.70. The lowest BCUT2D eigenvalue weighted by Crippen LogP contribution is -2.14. The summed E-state index contributed by atoms with van der Waals surface area (Å²) in [7, 11) is 1.58. The van der Waals surface area contributed by atoms with E-state index in [2.05, 4.69) is 11.1 Å². The summed E-state index contributed by atoms with van der Waals surface area (Å²) < 4.78 is 5.26. The average Bonchev–Trinajstić information content (AvgIpc) is 2.45. The second-order valence-corrected chi connectivity index (χ2v) is 5.26. The second kappa shape index (κ2) is 5.63. The zero-order valence-electron chi connectivity index (χ0n) is 11.6. The van der Waals surface area contributed by atoms with Crippen molar-refractivity contribution in [3.8, 4) is 5.88 Å². The van der Waals surface area contributed by atoms with Crippen LogP contribution >= 0.6 is 0 Å². The molecule has 1 aromatic heterocycles. The minimum atomic E-state index is -0.685. The number of aromatic nitrogens is 1. The Morgan fingerprint density at radius 3 is 2.60 bits per heavy atom. The standard InChI is InChI=1S/C17H19NO2/c1-20-17-15(10-5-11-18-17)16(19)14-9-3-2-8-13(14)12-6-4-7-12/h2-3,5,8-12,16,19H,4,6-7H2,1H3. The molecule has 2 aromatic rings. The van der Waals surface area contributed by atoms with Crippen LogP contribution in [0.1, 0.15) is 48.0 Å². The van der Waals surface area contributed by atoms with Crippen molar-refractivity contribution in [1.29, 1.82) is 0 Å². The van der Waals surface area contributed by atoms with Crippen LogP contribution in [-0.4, -0.2) is 17.2 Å². The number of rotatable bonds is 4. The van der Waals surface area contributed by atoms with Gasteiger partial charge in [0.2, 0.25) is 5.88 Å². The summed E-state index contributed by atoms with van der Waals surface area (Å²) in [5, 5.41) is 10.7. The molecule has 1 aromatic carbocycles. The van der Waals surface area contributed by atoms with Crippen molar-refractivity contribution in [2.75, 3.05) is 7.11 Å². The Morgan fingerprint density at radius 2 is 1.90 bits per heavy atom. The van der Waals surface area contributed by atoms with Crippen molar-refractivity contribution in [2.45, 2.75) is 31.3 Å². The van der Waals surface area contributed by atoms with Crippen LogP contribution in [0.15, 0.2) is 42.6 Å². The number of hydrogen-bond donors (Lipinski definition) is 1. The zero-order valence-corrected chi connectivity index (χ0v) is 11.6. The highest BCUT2D eigenvalue weighted by Gasteiger charge is 2.26. The molecule has 0 spiro atoms. The number of methoxy groups -OCH3 is 1. The van der Waals surface area contributed by atoms with Crippen LogP contribution in [0, 0.1) is 0 Å². The van der Waals surface area contributed by atoms with Crippen molar-refractivity contribution in [3.05, 3.63) is 59.3 Å². The molecule has 104 valence electrons. The second-order valence-electron chi connectivity index (χ2n) is 5.26. The summed E-state index contributed by atoms with van der Waals surface area (Å²) in [6.45, 7) is 0. The summed E-state index contributed by atoms with van der Waals surface area (Å²) in [6.07, 6.45) is 4.70. The summed E-state index contributed by atoms with van der Waals surface area (Å²) in [4.78, 5) is 4.17. The fraction of sp³-hybridized carbons (Fsp3) is 0.353. The fourth-order valence-corrected chi connectivity index (χ4v) is 2.80. The Hall–Kier alpha value is -1.87. The van der Waals surface area contributed by atoms with Crippen molar-refractivity contribution in [3.63, 3.8) is 0 Å². The third-order valence-corrected chi connectivity index (χ3v) is 4.12. The smallest absolute Gasteiger partial charge is 0.219 e. The van der Waals surface area contributed by atoms with Gasteiger partial charge in [-0.15, -0.1) is 0 Å². The lowest BCUT2D eigenvalue weighted by Gasteiger charge is -2.29. The van der Waals surface area contributed by atoms with Gasteiger partial charge in [0.15, 0.2) is 0 Å². The van der Waals surface area contributed by atoms with Gasteiger partial charge < -0.3 is 9.84 Å². The largest absolute Gasteiger partial charge is 0.481 e. The highest BCUT2D eigenvalue weighted by molar-refractivity contribution is 5.41. The molecule has 1 fully saturated rings. The maximum absolute atomic E-state index is 10.7. The Balaban J connectivity index is 1.99. The van der Waals surface area contributed by atoms with E-state index in [9.17, 15) is 5.11 Å². The number of aliphatic hydroxyl groups excluding tert-OH is 1. The van der Waals surface area contributed by atoms with Crippen LogP contribution in [0.25, 0.3) is 0 Å². The van der Waals surface area contributed by atoms with E-state index in [1.807, 2.05) is 30.3 Å². The Bertz CT molecular complexity index is 593. The van der Waals surface area contributed by atoms with Gasteiger partial charge in [0.25, 0.3) is 0 Å². The third-order valence-electron chi connectivity index (χ3n) is 4.12. The van der Waals surface area contributed by atoms with Gasteiger partial charge in [0.1, 0.15) is 6.10 Å². The van der Waals surface area contributed by atoms with Gasteiger partial charge in [0, 0.05) is 11.8 Å². The van der Waals surface area contributed by atoms with E-state index in [0.717, 1.165) is 11.1 Å². The molecule has 3 rings (SSSR count). The third kappa shape index (κ3) is 2.29. The molecule has 0 bridgehead atoms. The van der Waals surface area contributed by atoms with E-state index in [4.69, 9.17) is 4.74 Å². The lowest BCUT2D eigenvalue weighted by atomic mass is 9.77. The molecule has 1 atom stereocenters. The van der Waals surface area contributed by atoms with Gasteiger partial charge in [-0.1, -0.05) is 30.7 Å². The molecule has 20 heavy (non-hydrogen) atoms. The molecular formula is C17H19NO2. The van der Waals surface area contributed by atoms with E-state index in [-0.39, 0.29) is 0 Å². The van der Waals surface area contributed by atoms with E-state index in [1.54, 1.807) is 13.3 Å². The number of aliphatic hydroxyl groups is 1. The van der Waals surface area contributed by atoms with Crippen LogP contribution in [0.2, 0.25) is 0 Å². The Labute approximate surface area is 119 Å². The normalized spacial score (nSPS) is 16.5. The molecule has 1 unspecified atom stereocenters. The average molecular weight is 269 g/mol. The number of ether oxygens (including phenoxy) is 1. The van der Waals surface area contributed by atoms with E-state index in [1.165, 1.54) is 24.8 Å². The molecule has 3 nitrogen and oxygen atoms in total. The van der Waals surface area contributed by atoms with Gasteiger partial charge in [-0.3, -0.25) is 0 Å². The van der Waals surface area contributed by atoms with Crippen molar-refractivity contribution >= 4 is 0 Å². The summed E-state index contributed by atoms with van der Waals surface area (Å²) in [5.41, 5.74) is 2.96. The summed E-state index contributed by atoms with van der Waals surface area (Å²) in [6, 6.07) is 11.9. The predicted octanol–water partition coefficient (Wildman–Crippen LogP) is 3.44. The molecule has 1 heterocycles. The number of hydrogen-bond acceptors (Lipinski definition) is 3. The highest BCUT2D eigenvalue weighted by atomic mass is 16.5. The Morgan fingerprint density at radius 1 is 1.15 bits per heavy atom. The first-order valence-electron chi connectivity index (χ1n) is 7.07. The molecule has 0 amide bonds. The minimum Gasteiger partial charge on any atom is -0.481 e. The first-order chi connectivity index (χ1) is 9.81. The van der Waals surface area contributed by atoms with Gasteiger partial charge in [-0.05, 0) is 42.0 Å². The van der Waals surface area contributed by atoms with Gasteiger partial charge in [-0.2, -0.15) is 0 Å². The molecule has 0 aliphatic heterocycles. The van der Waals surface area contributed by atoms with Crippen LogP contribution in [0.3, 0.4) is 0 Å². The van der Waals surface area contributed by atoms with E-state index in [0.29, 0.717) is 11.8 Å². The molecule has 0 radical (unpaired) electrons. The molecule has 3 heteroatoms. The molecule has 1 aliphatic rings. The molecular weight excluding hydrogens is 250 g/mol. The maximum Gasteiger partial charge on any atom is 0.219 e. The van der Waals surface area contributed by atoms with Crippen molar-refractivity contribution in [2.24, 2.45) is 0 Å². The fourth-order valence-electron chi connectivity index (χ4n) is 2.80. The number of nitrogens with zero attached hydrogens (tertiary/aromatic N) is 1. The topological polar surface area (TPSA) is 42.4 Å². The molecule has 1 N–H and O–H groups in total. The number of pyridine rings is 1.